The molecular weight excluding hydrogens is 386 g/mol. The summed E-state index contributed by atoms with van der Waals surface area (Å²) in [5.41, 5.74) is 10.3. The van der Waals surface area contributed by atoms with Crippen LogP contribution in [0, 0.1) is 18.8 Å². The molecule has 0 spiro atoms. The van der Waals surface area contributed by atoms with Crippen molar-refractivity contribution in [2.75, 3.05) is 5.73 Å². The molecule has 4 aromatic rings. The van der Waals surface area contributed by atoms with E-state index in [-0.39, 0.29) is 0 Å². The summed E-state index contributed by atoms with van der Waals surface area (Å²) in [4.78, 5) is 17.7. The zero-order chi connectivity index (χ0) is 21.4. The molecule has 0 saturated carbocycles. The van der Waals surface area contributed by atoms with E-state index in [0.717, 1.165) is 40.7 Å². The Kier molecular flexibility index (Phi) is 4.61. The van der Waals surface area contributed by atoms with Gasteiger partial charge in [-0.15, -0.1) is 0 Å². The number of benzene rings is 1. The molecule has 0 aliphatic heterocycles. The Morgan fingerprint density at radius 2 is 1.97 bits per heavy atom. The minimum atomic E-state index is -1.23. The number of anilines is 1. The number of hydrogen-bond acceptors (Lipinski definition) is 6. The fourth-order valence-electron chi connectivity index (χ4n) is 4.04. The number of nitrogens with two attached hydrogens (primary N) is 1. The molecule has 3 heterocycles. The Morgan fingerprint density at radius 1 is 1.06 bits per heavy atom. The van der Waals surface area contributed by atoms with Gasteiger partial charge in [0, 0.05) is 17.3 Å². The second kappa shape index (κ2) is 7.46. The third-order valence-corrected chi connectivity index (χ3v) is 5.52. The summed E-state index contributed by atoms with van der Waals surface area (Å²) in [6.07, 6.45) is 4.09. The number of fused-ring (bicyclic) bond motifs is 2. The average molecular weight is 407 g/mol. The molecule has 3 aromatic heterocycles. The van der Waals surface area contributed by atoms with Crippen molar-refractivity contribution in [3.8, 4) is 23.1 Å². The summed E-state index contributed by atoms with van der Waals surface area (Å²) in [5.74, 6) is 7.21. The van der Waals surface area contributed by atoms with Gasteiger partial charge in [0.2, 0.25) is 0 Å². The highest BCUT2D eigenvalue weighted by molar-refractivity contribution is 5.86. The maximum absolute atomic E-state index is 11.2. The van der Waals surface area contributed by atoms with Gasteiger partial charge in [0.05, 0.1) is 16.9 Å². The molecule has 31 heavy (non-hydrogen) atoms. The molecule has 0 radical (unpaired) electrons. The Morgan fingerprint density at radius 3 is 2.87 bits per heavy atom. The number of aromatic nitrogens is 4. The number of pyridine rings is 2. The SMILES string of the molecule is Cc1nc(N)c2nc(-c3cccc(C#C[C@]4(O)CCCc5cccnc54)c3)ccc2n1. The van der Waals surface area contributed by atoms with Gasteiger partial charge >= 0.3 is 0 Å². The lowest BCUT2D eigenvalue weighted by atomic mass is 9.83. The number of aryl methyl sites for hydroxylation is 2. The van der Waals surface area contributed by atoms with Gasteiger partial charge in [0.15, 0.2) is 11.4 Å². The number of nitrogens with zero attached hydrogens (tertiary/aromatic N) is 4. The topological polar surface area (TPSA) is 97.8 Å². The standard InChI is InChI=1S/C25H21N5O/c1-16-28-21-10-9-20(30-22(21)24(26)29-16)19-6-2-5-17(15-19)11-13-25(31)12-3-7-18-8-4-14-27-23(18)25/h2,4-6,8-10,14-15,31H,3,7,12H2,1H3,(H2,26,28,29)/t25-/m1/s1. The van der Waals surface area contributed by atoms with Crippen LogP contribution in [0.3, 0.4) is 0 Å². The highest BCUT2D eigenvalue weighted by Gasteiger charge is 2.33. The third kappa shape index (κ3) is 3.60. The summed E-state index contributed by atoms with van der Waals surface area (Å²) in [7, 11) is 0. The van der Waals surface area contributed by atoms with Crippen LogP contribution in [0.15, 0.2) is 54.7 Å². The van der Waals surface area contributed by atoms with Gasteiger partial charge in [-0.05, 0) is 62.1 Å². The molecule has 0 saturated heterocycles. The molecule has 3 N–H and O–H groups in total. The van der Waals surface area contributed by atoms with Crippen molar-refractivity contribution < 1.29 is 5.11 Å². The number of aliphatic hydroxyl groups is 1. The van der Waals surface area contributed by atoms with E-state index in [4.69, 9.17) is 5.73 Å². The van der Waals surface area contributed by atoms with Crippen LogP contribution in [0.25, 0.3) is 22.3 Å². The van der Waals surface area contributed by atoms with Crippen LogP contribution < -0.4 is 5.73 Å². The lowest BCUT2D eigenvalue weighted by molar-refractivity contribution is 0.0755. The van der Waals surface area contributed by atoms with Gasteiger partial charge in [0.25, 0.3) is 0 Å². The van der Waals surface area contributed by atoms with E-state index < -0.39 is 5.60 Å². The Bertz CT molecular complexity index is 1370. The number of nitrogen functional groups attached to an aromatic ring is 1. The monoisotopic (exact) mass is 407 g/mol. The highest BCUT2D eigenvalue weighted by Crippen LogP contribution is 2.33. The van der Waals surface area contributed by atoms with E-state index in [9.17, 15) is 5.11 Å². The van der Waals surface area contributed by atoms with Gasteiger partial charge in [0.1, 0.15) is 11.3 Å². The van der Waals surface area contributed by atoms with Crippen molar-refractivity contribution >= 4 is 16.9 Å². The maximum Gasteiger partial charge on any atom is 0.168 e. The van der Waals surface area contributed by atoms with Gasteiger partial charge < -0.3 is 10.8 Å². The van der Waals surface area contributed by atoms with E-state index >= 15 is 0 Å². The highest BCUT2D eigenvalue weighted by atomic mass is 16.3. The minimum absolute atomic E-state index is 0.367. The second-order valence-corrected chi connectivity index (χ2v) is 7.78. The van der Waals surface area contributed by atoms with E-state index in [1.807, 2.05) is 48.5 Å². The molecular formula is C25H21N5O. The molecule has 1 atom stereocenters. The fourth-order valence-corrected chi connectivity index (χ4v) is 4.04. The van der Waals surface area contributed by atoms with Crippen LogP contribution in [0.4, 0.5) is 5.82 Å². The first-order valence-corrected chi connectivity index (χ1v) is 10.2. The van der Waals surface area contributed by atoms with E-state index in [0.29, 0.717) is 29.3 Å². The molecule has 6 nitrogen and oxygen atoms in total. The van der Waals surface area contributed by atoms with Crippen LogP contribution >= 0.6 is 0 Å². The van der Waals surface area contributed by atoms with E-state index in [1.165, 1.54) is 0 Å². The Balaban J connectivity index is 1.51. The summed E-state index contributed by atoms with van der Waals surface area (Å²) in [6.45, 7) is 1.81. The Labute approximate surface area is 180 Å². The predicted molar refractivity (Wildman–Crippen MR) is 120 cm³/mol. The predicted octanol–water partition coefficient (Wildman–Crippen LogP) is 3.55. The van der Waals surface area contributed by atoms with Crippen molar-refractivity contribution in [3.63, 3.8) is 0 Å². The van der Waals surface area contributed by atoms with Crippen LogP contribution in [0.1, 0.15) is 35.5 Å². The van der Waals surface area contributed by atoms with Crippen LogP contribution in [0.2, 0.25) is 0 Å². The van der Waals surface area contributed by atoms with Crippen LogP contribution in [0.5, 0.6) is 0 Å². The lowest BCUT2D eigenvalue weighted by Gasteiger charge is -2.28. The normalized spacial score (nSPS) is 17.6. The molecule has 0 unspecified atom stereocenters. The first kappa shape index (κ1) is 19.2. The van der Waals surface area contributed by atoms with Crippen molar-refractivity contribution in [1.29, 1.82) is 0 Å². The third-order valence-electron chi connectivity index (χ3n) is 5.52. The summed E-state index contributed by atoms with van der Waals surface area (Å²) >= 11 is 0. The summed E-state index contributed by atoms with van der Waals surface area (Å²) in [6, 6.07) is 15.5. The molecule has 1 aromatic carbocycles. The average Bonchev–Trinajstić information content (AvgIpc) is 2.78. The van der Waals surface area contributed by atoms with E-state index in [1.54, 1.807) is 13.1 Å². The van der Waals surface area contributed by atoms with Gasteiger partial charge in [-0.3, -0.25) is 4.98 Å². The second-order valence-electron chi connectivity index (χ2n) is 7.78. The molecule has 1 aliphatic carbocycles. The Hall–Kier alpha value is -3.82. The summed E-state index contributed by atoms with van der Waals surface area (Å²) < 4.78 is 0. The van der Waals surface area contributed by atoms with Crippen molar-refractivity contribution in [2.24, 2.45) is 0 Å². The van der Waals surface area contributed by atoms with Gasteiger partial charge in [-0.2, -0.15) is 0 Å². The van der Waals surface area contributed by atoms with Crippen LogP contribution in [-0.4, -0.2) is 25.0 Å². The zero-order valence-corrected chi connectivity index (χ0v) is 17.1. The smallest absolute Gasteiger partial charge is 0.168 e. The lowest BCUT2D eigenvalue weighted by Crippen LogP contribution is -2.30. The fraction of sp³-hybridized carbons (Fsp3) is 0.200. The van der Waals surface area contributed by atoms with Crippen molar-refractivity contribution in [1.82, 2.24) is 19.9 Å². The first-order chi connectivity index (χ1) is 15.0. The molecule has 0 bridgehead atoms. The molecule has 0 fully saturated rings. The van der Waals surface area contributed by atoms with E-state index in [2.05, 4.69) is 31.8 Å². The maximum atomic E-state index is 11.2. The molecule has 0 amide bonds. The quantitative estimate of drug-likeness (QED) is 0.468. The largest absolute Gasteiger partial charge is 0.382 e. The van der Waals surface area contributed by atoms with Gasteiger partial charge in [-0.25, -0.2) is 15.0 Å². The summed E-state index contributed by atoms with van der Waals surface area (Å²) in [5, 5.41) is 11.2. The van der Waals surface area contributed by atoms with Gasteiger partial charge in [-0.1, -0.05) is 30.0 Å². The molecule has 5 rings (SSSR count). The van der Waals surface area contributed by atoms with Crippen LogP contribution in [-0.2, 0) is 12.0 Å². The molecule has 152 valence electrons. The number of rotatable bonds is 1. The van der Waals surface area contributed by atoms with Crippen molar-refractivity contribution in [3.05, 3.63) is 77.4 Å². The molecule has 1 aliphatic rings. The molecule has 6 heteroatoms. The van der Waals surface area contributed by atoms with Crippen molar-refractivity contribution in [2.45, 2.75) is 31.8 Å². The minimum Gasteiger partial charge on any atom is -0.382 e. The zero-order valence-electron chi connectivity index (χ0n) is 17.1. The first-order valence-electron chi connectivity index (χ1n) is 10.2. The number of hydrogen-bond donors (Lipinski definition) is 2.